The van der Waals surface area contributed by atoms with Crippen LogP contribution in [0, 0.1) is 10.1 Å². The zero-order chi connectivity index (χ0) is 18.3. The van der Waals surface area contributed by atoms with Gasteiger partial charge in [-0.1, -0.05) is 0 Å². The second-order valence-electron chi connectivity index (χ2n) is 4.75. The normalized spacial score (nSPS) is 16.7. The Morgan fingerprint density at radius 3 is 2.21 bits per heavy atom. The van der Waals surface area contributed by atoms with E-state index in [4.69, 9.17) is 9.90 Å². The number of aliphatic carboxylic acids is 1. The molecular formula is C13H14F3N3O5. The fourth-order valence-corrected chi connectivity index (χ4v) is 1.80. The topological polar surface area (TPSA) is 122 Å². The number of benzene rings is 1. The van der Waals surface area contributed by atoms with Crippen LogP contribution < -0.4 is 10.6 Å². The lowest BCUT2D eigenvalue weighted by atomic mass is 10.2. The minimum Gasteiger partial charge on any atom is -0.475 e. The van der Waals surface area contributed by atoms with Crippen LogP contribution in [0.5, 0.6) is 0 Å². The summed E-state index contributed by atoms with van der Waals surface area (Å²) in [6.07, 6.45) is -3.25. The van der Waals surface area contributed by atoms with Gasteiger partial charge in [0.25, 0.3) is 5.69 Å². The molecule has 1 heterocycles. The highest BCUT2D eigenvalue weighted by atomic mass is 19.4. The van der Waals surface area contributed by atoms with Gasteiger partial charge < -0.3 is 15.7 Å². The Kier molecular flexibility index (Phi) is 6.65. The van der Waals surface area contributed by atoms with Gasteiger partial charge in [-0.15, -0.1) is 0 Å². The van der Waals surface area contributed by atoms with Crippen LogP contribution in [-0.2, 0) is 9.59 Å². The highest BCUT2D eigenvalue weighted by Crippen LogP contribution is 2.16. The van der Waals surface area contributed by atoms with Gasteiger partial charge in [0.2, 0.25) is 5.91 Å². The molecule has 1 aliphatic heterocycles. The van der Waals surface area contributed by atoms with Gasteiger partial charge in [-0.25, -0.2) is 4.79 Å². The molecule has 0 radical (unpaired) electrons. The van der Waals surface area contributed by atoms with Crippen LogP contribution in [0.15, 0.2) is 24.3 Å². The number of carbonyl (C=O) groups excluding carboxylic acids is 1. The van der Waals surface area contributed by atoms with Crippen LogP contribution in [0.2, 0.25) is 0 Å². The first-order chi connectivity index (χ1) is 11.1. The van der Waals surface area contributed by atoms with Crippen molar-refractivity contribution in [2.75, 3.05) is 11.9 Å². The van der Waals surface area contributed by atoms with Crippen LogP contribution in [0.1, 0.15) is 12.8 Å². The number of carbonyl (C=O) groups is 2. The number of halogens is 3. The first kappa shape index (κ1) is 19.4. The Bertz CT molecular complexity index is 598. The van der Waals surface area contributed by atoms with Gasteiger partial charge >= 0.3 is 12.1 Å². The minimum atomic E-state index is -5.08. The molecule has 0 aliphatic carbocycles. The third kappa shape index (κ3) is 6.20. The Hall–Kier alpha value is -2.69. The molecule has 1 aromatic carbocycles. The van der Waals surface area contributed by atoms with Gasteiger partial charge in [-0.2, -0.15) is 13.2 Å². The molecule has 1 atom stereocenters. The smallest absolute Gasteiger partial charge is 0.475 e. The van der Waals surface area contributed by atoms with E-state index in [-0.39, 0.29) is 17.6 Å². The lowest BCUT2D eigenvalue weighted by Gasteiger charge is -2.10. The average Bonchev–Trinajstić information content (AvgIpc) is 3.01. The zero-order valence-corrected chi connectivity index (χ0v) is 12.2. The number of rotatable bonds is 3. The van der Waals surface area contributed by atoms with E-state index in [1.54, 1.807) is 0 Å². The fourth-order valence-electron chi connectivity index (χ4n) is 1.80. The lowest BCUT2D eigenvalue weighted by Crippen LogP contribution is -2.35. The van der Waals surface area contributed by atoms with Crippen molar-refractivity contribution in [2.45, 2.75) is 25.1 Å². The monoisotopic (exact) mass is 349 g/mol. The molecule has 8 nitrogen and oxygen atoms in total. The molecule has 2 rings (SSSR count). The Balaban J connectivity index is 0.000000351. The number of hydrogen-bond acceptors (Lipinski definition) is 5. The quantitative estimate of drug-likeness (QED) is 0.566. The van der Waals surface area contributed by atoms with Gasteiger partial charge in [-0.3, -0.25) is 14.9 Å². The first-order valence-electron chi connectivity index (χ1n) is 6.70. The first-order valence-corrected chi connectivity index (χ1v) is 6.70. The third-order valence-electron chi connectivity index (χ3n) is 2.96. The predicted molar refractivity (Wildman–Crippen MR) is 76.4 cm³/mol. The van der Waals surface area contributed by atoms with E-state index in [0.29, 0.717) is 5.69 Å². The Labute approximate surface area is 133 Å². The van der Waals surface area contributed by atoms with Crippen molar-refractivity contribution in [3.8, 4) is 0 Å². The van der Waals surface area contributed by atoms with E-state index in [1.807, 2.05) is 0 Å². The number of nitrogens with zero attached hydrogens (tertiary/aromatic N) is 1. The van der Waals surface area contributed by atoms with Gasteiger partial charge in [0.05, 0.1) is 11.0 Å². The number of nitro benzene ring substituents is 1. The molecule has 24 heavy (non-hydrogen) atoms. The molecule has 1 unspecified atom stereocenters. The number of alkyl halides is 3. The van der Waals surface area contributed by atoms with Crippen molar-refractivity contribution >= 4 is 23.3 Å². The van der Waals surface area contributed by atoms with Crippen molar-refractivity contribution in [3.63, 3.8) is 0 Å². The molecule has 1 saturated heterocycles. The number of carboxylic acid groups (broad SMARTS) is 1. The number of nitrogens with one attached hydrogen (secondary N) is 2. The molecule has 0 spiro atoms. The number of carboxylic acids is 1. The van der Waals surface area contributed by atoms with E-state index in [1.165, 1.54) is 24.3 Å². The SMILES string of the molecule is O=C(Nc1ccc([N+](=O)[O-])cc1)C1CCCN1.O=C(O)C(F)(F)F. The maximum atomic E-state index is 11.7. The minimum absolute atomic E-state index is 0.0157. The maximum Gasteiger partial charge on any atom is 0.490 e. The number of amides is 1. The highest BCUT2D eigenvalue weighted by molar-refractivity contribution is 5.95. The van der Waals surface area contributed by atoms with E-state index in [9.17, 15) is 28.1 Å². The molecule has 1 fully saturated rings. The number of nitro groups is 1. The largest absolute Gasteiger partial charge is 0.490 e. The Morgan fingerprint density at radius 1 is 1.29 bits per heavy atom. The molecule has 132 valence electrons. The van der Waals surface area contributed by atoms with Crippen molar-refractivity contribution in [3.05, 3.63) is 34.4 Å². The van der Waals surface area contributed by atoms with Crippen molar-refractivity contribution < 1.29 is 32.8 Å². The summed E-state index contributed by atoms with van der Waals surface area (Å²) < 4.78 is 31.7. The van der Waals surface area contributed by atoms with Crippen molar-refractivity contribution in [1.82, 2.24) is 5.32 Å². The van der Waals surface area contributed by atoms with Crippen molar-refractivity contribution in [2.24, 2.45) is 0 Å². The van der Waals surface area contributed by atoms with Gasteiger partial charge in [0.1, 0.15) is 0 Å². The molecule has 3 N–H and O–H groups in total. The second-order valence-corrected chi connectivity index (χ2v) is 4.75. The summed E-state index contributed by atoms with van der Waals surface area (Å²) in [6.45, 7) is 0.859. The van der Waals surface area contributed by atoms with E-state index in [2.05, 4.69) is 10.6 Å². The third-order valence-corrected chi connectivity index (χ3v) is 2.96. The van der Waals surface area contributed by atoms with Gasteiger partial charge in [-0.05, 0) is 31.5 Å². The Morgan fingerprint density at radius 2 is 1.83 bits per heavy atom. The molecule has 0 aromatic heterocycles. The highest BCUT2D eigenvalue weighted by Gasteiger charge is 2.38. The van der Waals surface area contributed by atoms with Crippen LogP contribution in [0.25, 0.3) is 0 Å². The van der Waals surface area contributed by atoms with Gasteiger partial charge in [0, 0.05) is 17.8 Å². The van der Waals surface area contributed by atoms with E-state index >= 15 is 0 Å². The van der Waals surface area contributed by atoms with Gasteiger partial charge in [0.15, 0.2) is 0 Å². The summed E-state index contributed by atoms with van der Waals surface area (Å²) in [5, 5.41) is 23.4. The molecule has 0 saturated carbocycles. The average molecular weight is 349 g/mol. The van der Waals surface area contributed by atoms with Crippen molar-refractivity contribution in [1.29, 1.82) is 0 Å². The summed E-state index contributed by atoms with van der Waals surface area (Å²) >= 11 is 0. The molecule has 1 amide bonds. The van der Waals surface area contributed by atoms with Crippen LogP contribution in [0.3, 0.4) is 0 Å². The molecule has 0 bridgehead atoms. The maximum absolute atomic E-state index is 11.7. The molecule has 1 aliphatic rings. The fraction of sp³-hybridized carbons (Fsp3) is 0.385. The number of non-ortho nitro benzene ring substituents is 1. The zero-order valence-electron chi connectivity index (χ0n) is 12.2. The summed E-state index contributed by atoms with van der Waals surface area (Å²) in [6, 6.07) is 5.66. The summed E-state index contributed by atoms with van der Waals surface area (Å²) in [5.74, 6) is -2.84. The number of hydrogen-bond donors (Lipinski definition) is 3. The predicted octanol–water partition coefficient (Wildman–Crippen LogP) is 1.92. The summed E-state index contributed by atoms with van der Waals surface area (Å²) in [7, 11) is 0. The lowest BCUT2D eigenvalue weighted by molar-refractivity contribution is -0.384. The number of anilines is 1. The van der Waals surface area contributed by atoms with E-state index < -0.39 is 17.1 Å². The summed E-state index contributed by atoms with van der Waals surface area (Å²) in [5.41, 5.74) is 0.594. The molecule has 11 heteroatoms. The van der Waals surface area contributed by atoms with Crippen LogP contribution >= 0.6 is 0 Å². The second kappa shape index (κ2) is 8.24. The van der Waals surface area contributed by atoms with E-state index in [0.717, 1.165) is 19.4 Å². The molecular weight excluding hydrogens is 335 g/mol. The van der Waals surface area contributed by atoms with Crippen LogP contribution in [0.4, 0.5) is 24.5 Å². The van der Waals surface area contributed by atoms with Crippen LogP contribution in [-0.4, -0.2) is 40.7 Å². The standard InChI is InChI=1S/C11H13N3O3.C2HF3O2/c15-11(10-2-1-7-12-10)13-8-3-5-9(6-4-8)14(16)17;3-2(4,5)1(6)7/h3-6,10,12H,1-2,7H2,(H,13,15);(H,6,7). The molecule has 1 aromatic rings. The summed E-state index contributed by atoms with van der Waals surface area (Å²) in [4.78, 5) is 30.6.